The van der Waals surface area contributed by atoms with Crippen LogP contribution >= 0.6 is 15.9 Å². The first-order valence-electron chi connectivity index (χ1n) is 8.23. The largest absolute Gasteiger partial charge is 0.484 e. The molecule has 1 aliphatic heterocycles. The highest BCUT2D eigenvalue weighted by Gasteiger charge is 2.26. The third-order valence-corrected chi connectivity index (χ3v) is 6.47. The third-order valence-electron chi connectivity index (χ3n) is 4.02. The van der Waals surface area contributed by atoms with Crippen LogP contribution in [-0.2, 0) is 14.8 Å². The van der Waals surface area contributed by atoms with E-state index >= 15 is 0 Å². The number of carbonyl (C=O) groups excluding carboxylic acids is 1. The Labute approximate surface area is 161 Å². The first-order chi connectivity index (χ1) is 12.4. The maximum atomic E-state index is 12.5. The summed E-state index contributed by atoms with van der Waals surface area (Å²) in [4.78, 5) is 12.2. The highest BCUT2D eigenvalue weighted by atomic mass is 79.9. The number of amides is 1. The number of carbonyl (C=O) groups is 1. The van der Waals surface area contributed by atoms with Crippen molar-refractivity contribution in [3.63, 3.8) is 0 Å². The lowest BCUT2D eigenvalue weighted by Gasteiger charge is -2.15. The molecule has 0 atom stereocenters. The van der Waals surface area contributed by atoms with Gasteiger partial charge in [0.2, 0.25) is 10.0 Å². The van der Waals surface area contributed by atoms with E-state index in [-0.39, 0.29) is 17.4 Å². The number of sulfonamides is 1. The number of hydrogen-bond donors (Lipinski definition) is 1. The van der Waals surface area contributed by atoms with Gasteiger partial charge in [0.25, 0.3) is 5.91 Å². The van der Waals surface area contributed by atoms with Crippen LogP contribution in [0.4, 0.5) is 5.69 Å². The molecule has 1 N–H and O–H groups in total. The molecular weight excluding hydrogens is 420 g/mol. The minimum Gasteiger partial charge on any atom is -0.484 e. The van der Waals surface area contributed by atoms with Crippen molar-refractivity contribution in [3.05, 3.63) is 53.0 Å². The summed E-state index contributed by atoms with van der Waals surface area (Å²) in [5.74, 6) is 0.276. The van der Waals surface area contributed by atoms with Crippen LogP contribution in [0.5, 0.6) is 5.75 Å². The predicted molar refractivity (Wildman–Crippen MR) is 103 cm³/mol. The molecule has 138 valence electrons. The molecule has 8 heteroatoms. The Kier molecular flexibility index (Phi) is 5.95. The Hall–Kier alpha value is -1.90. The topological polar surface area (TPSA) is 75.7 Å². The van der Waals surface area contributed by atoms with Crippen molar-refractivity contribution in [2.75, 3.05) is 25.0 Å². The van der Waals surface area contributed by atoms with Crippen molar-refractivity contribution in [1.29, 1.82) is 0 Å². The lowest BCUT2D eigenvalue weighted by Crippen LogP contribution is -2.27. The van der Waals surface area contributed by atoms with Crippen molar-refractivity contribution in [2.45, 2.75) is 17.7 Å². The van der Waals surface area contributed by atoms with Gasteiger partial charge in [0.15, 0.2) is 6.61 Å². The average Bonchev–Trinajstić information content (AvgIpc) is 3.17. The molecule has 3 rings (SSSR count). The van der Waals surface area contributed by atoms with Crippen LogP contribution in [0.2, 0.25) is 0 Å². The van der Waals surface area contributed by atoms with E-state index in [9.17, 15) is 13.2 Å². The molecule has 0 unspecified atom stereocenters. The maximum absolute atomic E-state index is 12.5. The molecule has 0 aromatic heterocycles. The van der Waals surface area contributed by atoms with Crippen LogP contribution in [0.3, 0.4) is 0 Å². The average molecular weight is 439 g/mol. The Morgan fingerprint density at radius 2 is 1.65 bits per heavy atom. The van der Waals surface area contributed by atoms with Gasteiger partial charge in [-0.25, -0.2) is 8.42 Å². The van der Waals surface area contributed by atoms with Crippen LogP contribution in [-0.4, -0.2) is 38.3 Å². The van der Waals surface area contributed by atoms with Gasteiger partial charge in [-0.05, 0) is 61.4 Å². The van der Waals surface area contributed by atoms with Crippen molar-refractivity contribution < 1.29 is 17.9 Å². The van der Waals surface area contributed by atoms with Gasteiger partial charge in [-0.15, -0.1) is 0 Å². The summed E-state index contributed by atoms with van der Waals surface area (Å²) in [6, 6.07) is 13.4. The van der Waals surface area contributed by atoms with E-state index in [1.54, 1.807) is 24.3 Å². The van der Waals surface area contributed by atoms with Crippen molar-refractivity contribution in [2.24, 2.45) is 0 Å². The fourth-order valence-electron chi connectivity index (χ4n) is 2.66. The van der Waals surface area contributed by atoms with Crippen molar-refractivity contribution >= 4 is 37.5 Å². The maximum Gasteiger partial charge on any atom is 0.262 e. The fraction of sp³-hybridized carbons (Fsp3) is 0.278. The Bertz CT molecular complexity index is 861. The zero-order valence-corrected chi connectivity index (χ0v) is 16.4. The lowest BCUT2D eigenvalue weighted by atomic mass is 10.3. The zero-order valence-electron chi connectivity index (χ0n) is 14.0. The number of benzene rings is 2. The molecule has 2 aromatic rings. The monoisotopic (exact) mass is 438 g/mol. The molecule has 2 aromatic carbocycles. The predicted octanol–water partition coefficient (Wildman–Crippen LogP) is 3.25. The Morgan fingerprint density at radius 3 is 2.27 bits per heavy atom. The molecule has 26 heavy (non-hydrogen) atoms. The molecule has 0 bridgehead atoms. The molecule has 1 amide bonds. The van der Waals surface area contributed by atoms with Gasteiger partial charge >= 0.3 is 0 Å². The summed E-state index contributed by atoms with van der Waals surface area (Å²) in [7, 11) is -3.44. The minimum atomic E-state index is -3.44. The van der Waals surface area contributed by atoms with Gasteiger partial charge in [-0.1, -0.05) is 15.9 Å². The second kappa shape index (κ2) is 8.20. The highest BCUT2D eigenvalue weighted by molar-refractivity contribution is 9.10. The van der Waals surface area contributed by atoms with Gasteiger partial charge in [-0.2, -0.15) is 4.31 Å². The van der Waals surface area contributed by atoms with Gasteiger partial charge in [0, 0.05) is 23.2 Å². The van der Waals surface area contributed by atoms with E-state index in [0.29, 0.717) is 24.5 Å². The molecule has 1 fully saturated rings. The van der Waals surface area contributed by atoms with Crippen LogP contribution in [0, 0.1) is 0 Å². The highest BCUT2D eigenvalue weighted by Crippen LogP contribution is 2.22. The first-order valence-corrected chi connectivity index (χ1v) is 10.5. The first kappa shape index (κ1) is 18.9. The smallest absolute Gasteiger partial charge is 0.262 e. The number of hydrogen-bond acceptors (Lipinski definition) is 4. The zero-order chi connectivity index (χ0) is 18.6. The minimum absolute atomic E-state index is 0.130. The molecule has 0 aliphatic carbocycles. The second-order valence-corrected chi connectivity index (χ2v) is 8.78. The van der Waals surface area contributed by atoms with Gasteiger partial charge in [-0.3, -0.25) is 4.79 Å². The SMILES string of the molecule is O=C(COc1ccc(Br)cc1)Nc1ccc(S(=O)(=O)N2CCCC2)cc1. The van der Waals surface area contributed by atoms with Crippen LogP contribution < -0.4 is 10.1 Å². The van der Waals surface area contributed by atoms with Gasteiger partial charge in [0.05, 0.1) is 4.90 Å². The number of ether oxygens (including phenoxy) is 1. The Morgan fingerprint density at radius 1 is 1.04 bits per heavy atom. The number of halogens is 1. The van der Waals surface area contributed by atoms with Crippen molar-refractivity contribution in [1.82, 2.24) is 4.31 Å². The molecule has 0 radical (unpaired) electrons. The lowest BCUT2D eigenvalue weighted by molar-refractivity contribution is -0.118. The van der Waals surface area contributed by atoms with E-state index in [1.807, 2.05) is 12.1 Å². The van der Waals surface area contributed by atoms with Crippen LogP contribution in [0.1, 0.15) is 12.8 Å². The van der Waals surface area contributed by atoms with E-state index in [2.05, 4.69) is 21.2 Å². The van der Waals surface area contributed by atoms with Gasteiger partial charge < -0.3 is 10.1 Å². The van der Waals surface area contributed by atoms with E-state index < -0.39 is 10.0 Å². The normalized spacial score (nSPS) is 15.0. The van der Waals surface area contributed by atoms with Crippen LogP contribution in [0.25, 0.3) is 0 Å². The third kappa shape index (κ3) is 4.63. The Balaban J connectivity index is 1.56. The summed E-state index contributed by atoms with van der Waals surface area (Å²) >= 11 is 3.33. The number of rotatable bonds is 6. The molecule has 1 saturated heterocycles. The molecular formula is C18H19BrN2O4S. The van der Waals surface area contributed by atoms with Crippen molar-refractivity contribution in [3.8, 4) is 5.75 Å². The van der Waals surface area contributed by atoms with Gasteiger partial charge in [0.1, 0.15) is 5.75 Å². The molecule has 1 heterocycles. The fourth-order valence-corrected chi connectivity index (χ4v) is 4.45. The van der Waals surface area contributed by atoms with E-state index in [1.165, 1.54) is 16.4 Å². The standard InChI is InChI=1S/C18H19BrN2O4S/c19-14-3-7-16(8-4-14)25-13-18(22)20-15-5-9-17(10-6-15)26(23,24)21-11-1-2-12-21/h3-10H,1-2,11-13H2,(H,20,22). The quantitative estimate of drug-likeness (QED) is 0.750. The summed E-state index contributed by atoms with van der Waals surface area (Å²) in [6.45, 7) is 0.998. The number of nitrogens with zero attached hydrogens (tertiary/aromatic N) is 1. The number of nitrogens with one attached hydrogen (secondary N) is 1. The summed E-state index contributed by atoms with van der Waals surface area (Å²) in [6.07, 6.45) is 1.79. The van der Waals surface area contributed by atoms with Crippen LogP contribution in [0.15, 0.2) is 57.9 Å². The number of anilines is 1. The molecule has 6 nitrogen and oxygen atoms in total. The summed E-state index contributed by atoms with van der Waals surface area (Å²) in [5, 5.41) is 2.69. The molecule has 0 saturated carbocycles. The summed E-state index contributed by atoms with van der Waals surface area (Å²) in [5.41, 5.74) is 0.523. The van der Waals surface area contributed by atoms with E-state index in [0.717, 1.165) is 17.3 Å². The second-order valence-electron chi connectivity index (χ2n) is 5.93. The molecule has 1 aliphatic rings. The van der Waals surface area contributed by atoms with E-state index in [4.69, 9.17) is 4.74 Å². The molecule has 0 spiro atoms. The summed E-state index contributed by atoms with van der Waals surface area (Å²) < 4.78 is 32.8.